The second-order valence-corrected chi connectivity index (χ2v) is 7.21. The van der Waals surface area contributed by atoms with E-state index < -0.39 is 0 Å². The van der Waals surface area contributed by atoms with Gasteiger partial charge >= 0.3 is 0 Å². The molecule has 1 unspecified atom stereocenters. The van der Waals surface area contributed by atoms with Crippen LogP contribution in [0.1, 0.15) is 51.7 Å². The van der Waals surface area contributed by atoms with Gasteiger partial charge in [0.1, 0.15) is 5.75 Å². The van der Waals surface area contributed by atoms with Gasteiger partial charge in [-0.3, -0.25) is 0 Å². The maximum absolute atomic E-state index is 6.23. The lowest BCUT2D eigenvalue weighted by Gasteiger charge is -2.29. The summed E-state index contributed by atoms with van der Waals surface area (Å²) in [6.45, 7) is 10.8. The molecule has 0 amide bonds. The Bertz CT molecular complexity index is 765. The molecule has 1 atom stereocenters. The normalized spacial score (nSPS) is 13.5. The Morgan fingerprint density at radius 2 is 1.78 bits per heavy atom. The van der Waals surface area contributed by atoms with Crippen LogP contribution in [-0.2, 0) is 5.41 Å². The van der Waals surface area contributed by atoms with Crippen molar-refractivity contribution in [2.75, 3.05) is 30.8 Å². The number of benzene rings is 2. The summed E-state index contributed by atoms with van der Waals surface area (Å²) in [5.41, 5.74) is 10.7. The van der Waals surface area contributed by atoms with Crippen LogP contribution in [0, 0.1) is 0 Å². The molecule has 0 aromatic heterocycles. The average molecular weight is 367 g/mol. The number of hydrogen-bond donors (Lipinski definition) is 1. The van der Waals surface area contributed by atoms with E-state index in [2.05, 4.69) is 75.1 Å². The molecule has 0 heterocycles. The van der Waals surface area contributed by atoms with Gasteiger partial charge in [0, 0.05) is 36.1 Å². The third-order valence-electron chi connectivity index (χ3n) is 5.60. The molecule has 0 spiro atoms. The highest BCUT2D eigenvalue weighted by molar-refractivity contribution is 5.64. The first kappa shape index (κ1) is 20.9. The summed E-state index contributed by atoms with van der Waals surface area (Å²) in [7, 11) is 1.74. The molecular weight excluding hydrogens is 332 g/mol. The molecule has 0 bridgehead atoms. The van der Waals surface area contributed by atoms with Crippen molar-refractivity contribution in [3.05, 3.63) is 59.7 Å². The van der Waals surface area contributed by atoms with E-state index in [0.29, 0.717) is 0 Å². The Morgan fingerprint density at radius 1 is 1.07 bits per heavy atom. The summed E-state index contributed by atoms with van der Waals surface area (Å²) in [6.07, 6.45) is 6.37. The number of allylic oxidation sites excluding steroid dienone is 1. The van der Waals surface area contributed by atoms with Crippen LogP contribution in [0.2, 0.25) is 0 Å². The van der Waals surface area contributed by atoms with E-state index >= 15 is 0 Å². The number of hydrogen-bond acceptors (Lipinski definition) is 3. The van der Waals surface area contributed by atoms with Gasteiger partial charge in [0.15, 0.2) is 0 Å². The zero-order valence-corrected chi connectivity index (χ0v) is 17.5. The van der Waals surface area contributed by atoms with E-state index in [1.54, 1.807) is 7.11 Å². The van der Waals surface area contributed by atoms with Crippen LogP contribution in [0.4, 0.5) is 11.4 Å². The van der Waals surface area contributed by atoms with Crippen molar-refractivity contribution in [1.82, 2.24) is 0 Å². The number of rotatable bonds is 9. The van der Waals surface area contributed by atoms with Crippen LogP contribution >= 0.6 is 0 Å². The fourth-order valence-corrected chi connectivity index (χ4v) is 3.56. The second-order valence-electron chi connectivity index (χ2n) is 7.21. The Balaban J connectivity index is 2.23. The summed E-state index contributed by atoms with van der Waals surface area (Å²) in [4.78, 5) is 2.32. The summed E-state index contributed by atoms with van der Waals surface area (Å²) in [5.74, 6) is 0.910. The van der Waals surface area contributed by atoms with Crippen molar-refractivity contribution in [3.63, 3.8) is 0 Å². The van der Waals surface area contributed by atoms with Gasteiger partial charge in [0.25, 0.3) is 0 Å². The van der Waals surface area contributed by atoms with Crippen LogP contribution in [-0.4, -0.2) is 20.2 Å². The molecule has 0 radical (unpaired) electrons. The highest BCUT2D eigenvalue weighted by Gasteiger charge is 2.25. The largest absolute Gasteiger partial charge is 0.496 e. The fourth-order valence-electron chi connectivity index (χ4n) is 3.56. The van der Waals surface area contributed by atoms with E-state index in [1.807, 2.05) is 12.1 Å². The standard InChI is InChI=1S/C24H34N2O/c1-6-24(4,21-13-9-10-14-22(21)25)17-11-12-19-15-16-20(18-23(19)27-5)26(7-2)8-3/h9-16,18H,6-8,17,25H2,1-5H3/b12-11+. The van der Waals surface area contributed by atoms with Gasteiger partial charge in [-0.15, -0.1) is 0 Å². The minimum atomic E-state index is 0.0240. The fraction of sp³-hybridized carbons (Fsp3) is 0.417. The van der Waals surface area contributed by atoms with E-state index in [-0.39, 0.29) is 5.41 Å². The number of methoxy groups -OCH3 is 1. The van der Waals surface area contributed by atoms with Crippen LogP contribution in [0.3, 0.4) is 0 Å². The molecule has 146 valence electrons. The molecular formula is C24H34N2O. The minimum Gasteiger partial charge on any atom is -0.496 e. The molecule has 2 N–H and O–H groups in total. The Hall–Kier alpha value is -2.42. The maximum Gasteiger partial charge on any atom is 0.128 e. The SMILES string of the molecule is CCN(CC)c1ccc(/C=C/CC(C)(CC)c2ccccc2N)c(OC)c1. The number of nitrogens with two attached hydrogens (primary N) is 1. The molecule has 0 aliphatic heterocycles. The molecule has 0 fully saturated rings. The van der Waals surface area contributed by atoms with E-state index in [9.17, 15) is 0 Å². The Kier molecular flexibility index (Phi) is 7.35. The lowest BCUT2D eigenvalue weighted by atomic mass is 9.76. The van der Waals surface area contributed by atoms with E-state index in [1.165, 1.54) is 11.3 Å². The molecule has 0 aliphatic rings. The van der Waals surface area contributed by atoms with Gasteiger partial charge in [-0.2, -0.15) is 0 Å². The number of nitrogen functional groups attached to an aromatic ring is 1. The van der Waals surface area contributed by atoms with E-state index in [0.717, 1.165) is 42.9 Å². The molecule has 2 aromatic carbocycles. The minimum absolute atomic E-state index is 0.0240. The van der Waals surface area contributed by atoms with Crippen molar-refractivity contribution in [2.45, 2.75) is 46.0 Å². The van der Waals surface area contributed by atoms with Crippen molar-refractivity contribution in [3.8, 4) is 5.75 Å². The zero-order chi connectivity index (χ0) is 19.9. The number of ether oxygens (including phenoxy) is 1. The Morgan fingerprint density at radius 3 is 2.37 bits per heavy atom. The average Bonchev–Trinajstić information content (AvgIpc) is 2.69. The lowest BCUT2D eigenvalue weighted by Crippen LogP contribution is -2.21. The van der Waals surface area contributed by atoms with Crippen molar-refractivity contribution < 1.29 is 4.74 Å². The summed E-state index contributed by atoms with van der Waals surface area (Å²) < 4.78 is 5.64. The second kappa shape index (κ2) is 9.50. The molecule has 27 heavy (non-hydrogen) atoms. The van der Waals surface area contributed by atoms with Crippen LogP contribution in [0.25, 0.3) is 6.08 Å². The van der Waals surface area contributed by atoms with Gasteiger partial charge in [-0.25, -0.2) is 0 Å². The van der Waals surface area contributed by atoms with Crippen LogP contribution in [0.5, 0.6) is 5.75 Å². The highest BCUT2D eigenvalue weighted by atomic mass is 16.5. The predicted molar refractivity (Wildman–Crippen MR) is 119 cm³/mol. The van der Waals surface area contributed by atoms with Gasteiger partial charge in [0.2, 0.25) is 0 Å². The lowest BCUT2D eigenvalue weighted by molar-refractivity contribution is 0.413. The number of nitrogens with zero attached hydrogens (tertiary/aromatic N) is 1. The molecule has 2 aromatic rings. The van der Waals surface area contributed by atoms with Gasteiger partial charge in [-0.05, 0) is 55.9 Å². The number of para-hydroxylation sites is 1. The molecule has 0 saturated heterocycles. The molecule has 0 saturated carbocycles. The molecule has 0 aliphatic carbocycles. The first-order valence-electron chi connectivity index (χ1n) is 9.93. The monoisotopic (exact) mass is 366 g/mol. The van der Waals surface area contributed by atoms with Gasteiger partial charge in [-0.1, -0.05) is 44.2 Å². The summed E-state index contributed by atoms with van der Waals surface area (Å²) in [5, 5.41) is 0. The Labute approximate surface area is 164 Å². The van der Waals surface area contributed by atoms with Crippen molar-refractivity contribution >= 4 is 17.5 Å². The van der Waals surface area contributed by atoms with Crippen molar-refractivity contribution in [1.29, 1.82) is 0 Å². The highest BCUT2D eigenvalue weighted by Crippen LogP contribution is 2.36. The van der Waals surface area contributed by atoms with E-state index in [4.69, 9.17) is 10.5 Å². The quantitative estimate of drug-likeness (QED) is 0.562. The topological polar surface area (TPSA) is 38.5 Å². The summed E-state index contributed by atoms with van der Waals surface area (Å²) in [6, 6.07) is 14.6. The first-order chi connectivity index (χ1) is 13.0. The summed E-state index contributed by atoms with van der Waals surface area (Å²) >= 11 is 0. The van der Waals surface area contributed by atoms with Crippen LogP contribution in [0.15, 0.2) is 48.5 Å². The predicted octanol–water partition coefficient (Wildman–Crippen LogP) is 5.89. The third-order valence-corrected chi connectivity index (χ3v) is 5.60. The first-order valence-corrected chi connectivity index (χ1v) is 9.93. The maximum atomic E-state index is 6.23. The zero-order valence-electron chi connectivity index (χ0n) is 17.5. The van der Waals surface area contributed by atoms with Gasteiger partial charge in [0.05, 0.1) is 7.11 Å². The van der Waals surface area contributed by atoms with Crippen molar-refractivity contribution in [2.24, 2.45) is 0 Å². The number of anilines is 2. The smallest absolute Gasteiger partial charge is 0.128 e. The molecule has 2 rings (SSSR count). The molecule has 3 nitrogen and oxygen atoms in total. The molecule has 3 heteroatoms. The third kappa shape index (κ3) is 4.85. The van der Waals surface area contributed by atoms with Crippen LogP contribution < -0.4 is 15.4 Å². The van der Waals surface area contributed by atoms with Gasteiger partial charge < -0.3 is 15.4 Å².